The molecule has 0 radical (unpaired) electrons. The van der Waals surface area contributed by atoms with Crippen molar-refractivity contribution >= 4 is 11.4 Å². The van der Waals surface area contributed by atoms with E-state index in [2.05, 4.69) is 46.6 Å². The molecule has 0 spiro atoms. The summed E-state index contributed by atoms with van der Waals surface area (Å²) in [5.74, 6) is 1.85. The van der Waals surface area contributed by atoms with Gasteiger partial charge in [-0.1, -0.05) is 24.3 Å². The number of para-hydroxylation sites is 2. The van der Waals surface area contributed by atoms with Crippen molar-refractivity contribution < 1.29 is 4.74 Å². The predicted molar refractivity (Wildman–Crippen MR) is 88.0 cm³/mol. The van der Waals surface area contributed by atoms with Gasteiger partial charge in [0.05, 0.1) is 12.2 Å². The molecule has 3 aliphatic rings. The van der Waals surface area contributed by atoms with Gasteiger partial charge < -0.3 is 15.0 Å². The fourth-order valence-electron chi connectivity index (χ4n) is 4.20. The number of hydrogen-bond acceptors (Lipinski definition) is 3. The molecule has 5 rings (SSSR count). The first-order chi connectivity index (χ1) is 10.9. The van der Waals surface area contributed by atoms with E-state index in [-0.39, 0.29) is 0 Å². The SMILES string of the molecule is c1ccc2c(c1)OCCN2c1ccc(C23CNCC2C3)cc1. The molecule has 0 bridgehead atoms. The number of benzene rings is 2. The van der Waals surface area contributed by atoms with Crippen LogP contribution in [0.1, 0.15) is 12.0 Å². The first kappa shape index (κ1) is 12.5. The van der Waals surface area contributed by atoms with Gasteiger partial charge in [-0.15, -0.1) is 0 Å². The maximum Gasteiger partial charge on any atom is 0.143 e. The van der Waals surface area contributed by atoms with Gasteiger partial charge in [0.1, 0.15) is 12.4 Å². The summed E-state index contributed by atoms with van der Waals surface area (Å²) in [6.07, 6.45) is 1.36. The van der Waals surface area contributed by atoms with E-state index in [9.17, 15) is 0 Å². The van der Waals surface area contributed by atoms with Gasteiger partial charge in [0.2, 0.25) is 0 Å². The third kappa shape index (κ3) is 1.72. The summed E-state index contributed by atoms with van der Waals surface area (Å²) < 4.78 is 5.75. The molecule has 2 aliphatic heterocycles. The minimum absolute atomic E-state index is 0.446. The Bertz CT molecular complexity index is 712. The molecule has 1 N–H and O–H groups in total. The second-order valence-electron chi connectivity index (χ2n) is 6.70. The quantitative estimate of drug-likeness (QED) is 0.920. The molecule has 0 aromatic heterocycles. The number of nitrogens with zero attached hydrogens (tertiary/aromatic N) is 1. The Morgan fingerprint density at radius 2 is 1.95 bits per heavy atom. The molecule has 2 unspecified atom stereocenters. The monoisotopic (exact) mass is 292 g/mol. The van der Waals surface area contributed by atoms with Gasteiger partial charge in [-0.25, -0.2) is 0 Å². The maximum atomic E-state index is 5.75. The molecule has 2 heterocycles. The minimum atomic E-state index is 0.446. The highest BCUT2D eigenvalue weighted by molar-refractivity contribution is 5.70. The largest absolute Gasteiger partial charge is 0.490 e. The molecule has 1 aliphatic carbocycles. The normalized spacial score (nSPS) is 28.7. The summed E-state index contributed by atoms with van der Waals surface area (Å²) in [5, 5.41) is 3.53. The van der Waals surface area contributed by atoms with Crippen LogP contribution in [0, 0.1) is 5.92 Å². The lowest BCUT2D eigenvalue weighted by molar-refractivity contribution is 0.314. The topological polar surface area (TPSA) is 24.5 Å². The van der Waals surface area contributed by atoms with Crippen LogP contribution >= 0.6 is 0 Å². The van der Waals surface area contributed by atoms with Crippen LogP contribution in [0.25, 0.3) is 0 Å². The van der Waals surface area contributed by atoms with Crippen LogP contribution in [0.2, 0.25) is 0 Å². The Morgan fingerprint density at radius 3 is 2.73 bits per heavy atom. The van der Waals surface area contributed by atoms with Crippen LogP contribution in [-0.4, -0.2) is 26.2 Å². The van der Waals surface area contributed by atoms with Crippen molar-refractivity contribution in [3.63, 3.8) is 0 Å². The summed E-state index contributed by atoms with van der Waals surface area (Å²) in [6, 6.07) is 17.5. The molecule has 3 nitrogen and oxygen atoms in total. The second-order valence-corrected chi connectivity index (χ2v) is 6.70. The molecule has 112 valence electrons. The lowest BCUT2D eigenvalue weighted by Gasteiger charge is -2.31. The van der Waals surface area contributed by atoms with Crippen molar-refractivity contribution in [2.24, 2.45) is 5.92 Å². The molecule has 1 saturated carbocycles. The maximum absolute atomic E-state index is 5.75. The van der Waals surface area contributed by atoms with Crippen LogP contribution in [0.15, 0.2) is 48.5 Å². The summed E-state index contributed by atoms with van der Waals surface area (Å²) in [5.41, 5.74) is 4.39. The van der Waals surface area contributed by atoms with Crippen molar-refractivity contribution in [3.8, 4) is 5.75 Å². The zero-order valence-electron chi connectivity index (χ0n) is 12.6. The Morgan fingerprint density at radius 1 is 1.09 bits per heavy atom. The number of piperidine rings is 1. The van der Waals surface area contributed by atoms with Crippen LogP contribution < -0.4 is 15.0 Å². The fourth-order valence-corrected chi connectivity index (χ4v) is 4.20. The zero-order chi connectivity index (χ0) is 14.6. The van der Waals surface area contributed by atoms with Crippen molar-refractivity contribution in [1.29, 1.82) is 0 Å². The van der Waals surface area contributed by atoms with Gasteiger partial charge in [0.25, 0.3) is 0 Å². The smallest absolute Gasteiger partial charge is 0.143 e. The lowest BCUT2D eigenvalue weighted by atomic mass is 9.95. The molecule has 3 heteroatoms. The predicted octanol–water partition coefficient (Wildman–Crippen LogP) is 3.08. The lowest BCUT2D eigenvalue weighted by Crippen LogP contribution is -2.28. The van der Waals surface area contributed by atoms with Gasteiger partial charge in [-0.2, -0.15) is 0 Å². The molecule has 1 saturated heterocycles. The van der Waals surface area contributed by atoms with E-state index in [1.165, 1.54) is 29.9 Å². The van der Waals surface area contributed by atoms with Crippen LogP contribution in [0.5, 0.6) is 5.75 Å². The number of rotatable bonds is 2. The zero-order valence-corrected chi connectivity index (χ0v) is 12.6. The average Bonchev–Trinajstić information content (AvgIpc) is 3.16. The van der Waals surface area contributed by atoms with E-state index < -0.39 is 0 Å². The van der Waals surface area contributed by atoms with Crippen LogP contribution in [0.3, 0.4) is 0 Å². The molecule has 0 amide bonds. The average molecular weight is 292 g/mol. The van der Waals surface area contributed by atoms with E-state index in [4.69, 9.17) is 4.74 Å². The number of nitrogens with one attached hydrogen (secondary N) is 1. The molecular formula is C19H20N2O. The van der Waals surface area contributed by atoms with E-state index in [1.807, 2.05) is 12.1 Å². The van der Waals surface area contributed by atoms with Crippen molar-refractivity contribution in [2.75, 3.05) is 31.1 Å². The van der Waals surface area contributed by atoms with Crippen molar-refractivity contribution in [1.82, 2.24) is 5.32 Å². The summed E-state index contributed by atoms with van der Waals surface area (Å²) in [6.45, 7) is 4.00. The third-order valence-corrected chi connectivity index (χ3v) is 5.55. The van der Waals surface area contributed by atoms with Gasteiger partial charge in [0.15, 0.2) is 0 Å². The second kappa shape index (κ2) is 4.50. The van der Waals surface area contributed by atoms with Gasteiger partial charge in [-0.3, -0.25) is 0 Å². The number of anilines is 2. The molecule has 2 fully saturated rings. The Labute approximate surface area is 130 Å². The van der Waals surface area contributed by atoms with Crippen molar-refractivity contribution in [2.45, 2.75) is 11.8 Å². The van der Waals surface area contributed by atoms with Gasteiger partial charge in [0, 0.05) is 17.6 Å². The summed E-state index contributed by atoms with van der Waals surface area (Å²) in [4.78, 5) is 2.36. The Hall–Kier alpha value is -2.00. The first-order valence-electron chi connectivity index (χ1n) is 8.17. The molecular weight excluding hydrogens is 272 g/mol. The van der Waals surface area contributed by atoms with Gasteiger partial charge >= 0.3 is 0 Å². The highest BCUT2D eigenvalue weighted by Gasteiger charge is 2.57. The first-order valence-corrected chi connectivity index (χ1v) is 8.17. The Kier molecular flexibility index (Phi) is 2.56. The summed E-state index contributed by atoms with van der Waals surface area (Å²) in [7, 11) is 0. The van der Waals surface area contributed by atoms with Crippen LogP contribution in [-0.2, 0) is 5.41 Å². The number of hydrogen-bond donors (Lipinski definition) is 1. The number of ether oxygens (including phenoxy) is 1. The van der Waals surface area contributed by atoms with E-state index in [1.54, 1.807) is 0 Å². The molecule has 2 aromatic carbocycles. The molecule has 2 atom stereocenters. The Balaban J connectivity index is 1.47. The minimum Gasteiger partial charge on any atom is -0.490 e. The van der Waals surface area contributed by atoms with E-state index in [0.717, 1.165) is 31.4 Å². The fraction of sp³-hybridized carbons (Fsp3) is 0.368. The molecule has 22 heavy (non-hydrogen) atoms. The molecule has 2 aromatic rings. The highest BCUT2D eigenvalue weighted by atomic mass is 16.5. The summed E-state index contributed by atoms with van der Waals surface area (Å²) >= 11 is 0. The van der Waals surface area contributed by atoms with E-state index >= 15 is 0 Å². The van der Waals surface area contributed by atoms with Crippen molar-refractivity contribution in [3.05, 3.63) is 54.1 Å². The highest BCUT2D eigenvalue weighted by Crippen LogP contribution is 2.56. The standard InChI is InChI=1S/C19H20N2O/c1-2-4-18-17(3-1)21(9-10-22-18)16-7-5-14(6-8-16)19-11-15(19)12-20-13-19/h1-8,15,20H,9-13H2. The van der Waals surface area contributed by atoms with E-state index in [0.29, 0.717) is 5.41 Å². The number of fused-ring (bicyclic) bond motifs is 2. The van der Waals surface area contributed by atoms with Gasteiger partial charge in [-0.05, 0) is 48.7 Å². The third-order valence-electron chi connectivity index (χ3n) is 5.55. The van der Waals surface area contributed by atoms with Crippen LogP contribution in [0.4, 0.5) is 11.4 Å².